The average Bonchev–Trinajstić information content (AvgIpc) is 3.18. The predicted octanol–water partition coefficient (Wildman–Crippen LogP) is 1.67. The zero-order chi connectivity index (χ0) is 15.5. The van der Waals surface area contributed by atoms with Gasteiger partial charge in [0.05, 0.1) is 18.3 Å². The summed E-state index contributed by atoms with van der Waals surface area (Å²) in [6, 6.07) is 10.4. The van der Waals surface area contributed by atoms with Gasteiger partial charge in [-0.2, -0.15) is 5.10 Å². The highest BCUT2D eigenvalue weighted by molar-refractivity contribution is 5.95. The van der Waals surface area contributed by atoms with E-state index in [-0.39, 0.29) is 11.9 Å². The third-order valence-electron chi connectivity index (χ3n) is 4.41. The number of amides is 1. The third-order valence-corrected chi connectivity index (χ3v) is 4.41. The van der Waals surface area contributed by atoms with Gasteiger partial charge in [0.25, 0.3) is 5.91 Å². The van der Waals surface area contributed by atoms with Gasteiger partial charge >= 0.3 is 0 Å². The second-order valence-corrected chi connectivity index (χ2v) is 5.85. The number of rotatable bonds is 4. The van der Waals surface area contributed by atoms with E-state index in [0.717, 1.165) is 25.2 Å². The largest absolute Gasteiger partial charge is 0.337 e. The van der Waals surface area contributed by atoms with Gasteiger partial charge in [0.15, 0.2) is 0 Å². The Labute approximate surface area is 130 Å². The first-order valence-electron chi connectivity index (χ1n) is 7.71. The van der Waals surface area contributed by atoms with E-state index in [0.29, 0.717) is 12.1 Å². The number of hydrogen-bond donors (Lipinski definition) is 1. The first-order chi connectivity index (χ1) is 10.7. The summed E-state index contributed by atoms with van der Waals surface area (Å²) in [7, 11) is 1.88. The molecule has 3 rings (SSSR count). The molecule has 1 aliphatic heterocycles. The maximum absolute atomic E-state index is 12.7. The number of likely N-dealkylation sites (N-methyl/N-ethyl adjacent to an activating group) is 1. The van der Waals surface area contributed by atoms with Crippen molar-refractivity contribution in [3.8, 4) is 0 Å². The van der Waals surface area contributed by atoms with Gasteiger partial charge in [-0.1, -0.05) is 30.3 Å². The van der Waals surface area contributed by atoms with Crippen molar-refractivity contribution in [3.63, 3.8) is 0 Å². The molecule has 1 aromatic carbocycles. The summed E-state index contributed by atoms with van der Waals surface area (Å²) in [6.45, 7) is 4.51. The molecule has 0 radical (unpaired) electrons. The van der Waals surface area contributed by atoms with Gasteiger partial charge in [-0.3, -0.25) is 9.48 Å². The normalized spacial score (nSPS) is 17.6. The molecule has 5 nitrogen and oxygen atoms in total. The molecule has 1 aromatic heterocycles. The highest BCUT2D eigenvalue weighted by Crippen LogP contribution is 2.15. The van der Waals surface area contributed by atoms with Crippen molar-refractivity contribution in [2.45, 2.75) is 25.9 Å². The van der Waals surface area contributed by atoms with E-state index < -0.39 is 0 Å². The van der Waals surface area contributed by atoms with Crippen molar-refractivity contribution in [1.29, 1.82) is 0 Å². The molecule has 0 saturated carbocycles. The lowest BCUT2D eigenvalue weighted by atomic mass is 10.1. The summed E-state index contributed by atoms with van der Waals surface area (Å²) in [5.74, 6) is 0.0607. The first kappa shape index (κ1) is 14.8. The Morgan fingerprint density at radius 3 is 2.86 bits per heavy atom. The minimum atomic E-state index is 0.0607. The first-order valence-corrected chi connectivity index (χ1v) is 7.71. The van der Waals surface area contributed by atoms with E-state index in [1.165, 1.54) is 5.56 Å². The molecule has 1 aliphatic rings. The molecule has 0 bridgehead atoms. The molecule has 0 spiro atoms. The topological polar surface area (TPSA) is 50.2 Å². The molecular formula is C17H22N4O. The molecule has 1 fully saturated rings. The quantitative estimate of drug-likeness (QED) is 0.934. The van der Waals surface area contributed by atoms with Gasteiger partial charge in [-0.25, -0.2) is 0 Å². The zero-order valence-corrected chi connectivity index (χ0v) is 13.1. The van der Waals surface area contributed by atoms with Gasteiger partial charge < -0.3 is 10.2 Å². The Morgan fingerprint density at radius 1 is 1.41 bits per heavy atom. The monoisotopic (exact) mass is 298 g/mol. The number of nitrogens with zero attached hydrogens (tertiary/aromatic N) is 3. The van der Waals surface area contributed by atoms with Crippen LogP contribution in [0.4, 0.5) is 0 Å². The zero-order valence-electron chi connectivity index (χ0n) is 13.1. The van der Waals surface area contributed by atoms with Crippen LogP contribution in [0.25, 0.3) is 0 Å². The Bertz CT molecular complexity index is 644. The number of carbonyl (C=O) groups is 1. The van der Waals surface area contributed by atoms with Crippen LogP contribution in [0.3, 0.4) is 0 Å². The molecule has 1 saturated heterocycles. The van der Waals surface area contributed by atoms with Crippen LogP contribution in [0, 0.1) is 6.92 Å². The number of carbonyl (C=O) groups excluding carboxylic acids is 1. The number of nitrogens with one attached hydrogen (secondary N) is 1. The third kappa shape index (κ3) is 2.90. The van der Waals surface area contributed by atoms with Crippen molar-refractivity contribution in [3.05, 3.63) is 53.3 Å². The van der Waals surface area contributed by atoms with Crippen LogP contribution in [0.1, 0.15) is 28.0 Å². The van der Waals surface area contributed by atoms with E-state index in [1.807, 2.05) is 41.8 Å². The van der Waals surface area contributed by atoms with Crippen molar-refractivity contribution in [1.82, 2.24) is 20.0 Å². The summed E-state index contributed by atoms with van der Waals surface area (Å²) in [5, 5.41) is 7.69. The lowest BCUT2D eigenvalue weighted by Gasteiger charge is -2.23. The maximum atomic E-state index is 12.7. The SMILES string of the molecule is Cc1c(C(=O)N(C)[C@H]2CCNC2)cnn1Cc1ccccc1. The van der Waals surface area contributed by atoms with Crippen LogP contribution in [0.5, 0.6) is 0 Å². The van der Waals surface area contributed by atoms with Crippen molar-refractivity contribution in [2.75, 3.05) is 20.1 Å². The number of benzene rings is 1. The fourth-order valence-electron chi connectivity index (χ4n) is 2.90. The van der Waals surface area contributed by atoms with E-state index >= 15 is 0 Å². The van der Waals surface area contributed by atoms with Gasteiger partial charge in [0.2, 0.25) is 0 Å². The van der Waals surface area contributed by atoms with Crippen LogP contribution >= 0.6 is 0 Å². The molecule has 1 atom stereocenters. The highest BCUT2D eigenvalue weighted by atomic mass is 16.2. The molecule has 2 heterocycles. The molecule has 1 amide bonds. The van der Waals surface area contributed by atoms with Crippen LogP contribution in [-0.4, -0.2) is 46.8 Å². The fourth-order valence-corrected chi connectivity index (χ4v) is 2.90. The Morgan fingerprint density at radius 2 is 2.18 bits per heavy atom. The Balaban J connectivity index is 1.76. The van der Waals surface area contributed by atoms with Crippen LogP contribution < -0.4 is 5.32 Å². The van der Waals surface area contributed by atoms with Gasteiger partial charge in [-0.15, -0.1) is 0 Å². The molecule has 0 aliphatic carbocycles. The minimum Gasteiger partial charge on any atom is -0.337 e. The summed E-state index contributed by atoms with van der Waals surface area (Å²) in [4.78, 5) is 14.5. The van der Waals surface area contributed by atoms with Crippen LogP contribution in [0.15, 0.2) is 36.5 Å². The molecule has 0 unspecified atom stereocenters. The standard InChI is InChI=1S/C17H22N4O/c1-13-16(17(22)20(2)15-8-9-18-10-15)11-19-21(13)12-14-6-4-3-5-7-14/h3-7,11,15,18H,8-10,12H2,1-2H3/t15-/m0/s1. The number of hydrogen-bond acceptors (Lipinski definition) is 3. The summed E-state index contributed by atoms with van der Waals surface area (Å²) >= 11 is 0. The smallest absolute Gasteiger partial charge is 0.257 e. The van der Waals surface area contributed by atoms with Crippen LogP contribution in [0.2, 0.25) is 0 Å². The lowest BCUT2D eigenvalue weighted by molar-refractivity contribution is 0.0743. The summed E-state index contributed by atoms with van der Waals surface area (Å²) in [5.41, 5.74) is 2.80. The van der Waals surface area contributed by atoms with Gasteiger partial charge in [0, 0.05) is 25.3 Å². The molecule has 5 heteroatoms. The van der Waals surface area contributed by atoms with Crippen molar-refractivity contribution >= 4 is 5.91 Å². The fraction of sp³-hybridized carbons (Fsp3) is 0.412. The highest BCUT2D eigenvalue weighted by Gasteiger charge is 2.26. The van der Waals surface area contributed by atoms with Crippen molar-refractivity contribution in [2.24, 2.45) is 0 Å². The molecule has 116 valence electrons. The molecular weight excluding hydrogens is 276 g/mol. The maximum Gasteiger partial charge on any atom is 0.257 e. The summed E-state index contributed by atoms with van der Waals surface area (Å²) in [6.07, 6.45) is 2.71. The minimum absolute atomic E-state index is 0.0607. The van der Waals surface area contributed by atoms with E-state index in [4.69, 9.17) is 0 Å². The predicted molar refractivity (Wildman–Crippen MR) is 85.9 cm³/mol. The van der Waals surface area contributed by atoms with E-state index in [9.17, 15) is 4.79 Å². The van der Waals surface area contributed by atoms with Crippen LogP contribution in [-0.2, 0) is 6.54 Å². The second kappa shape index (κ2) is 6.32. The molecule has 1 N–H and O–H groups in total. The number of aromatic nitrogens is 2. The second-order valence-electron chi connectivity index (χ2n) is 5.85. The van der Waals surface area contributed by atoms with Gasteiger partial charge in [0.1, 0.15) is 0 Å². The van der Waals surface area contributed by atoms with E-state index in [2.05, 4.69) is 22.5 Å². The molecule has 22 heavy (non-hydrogen) atoms. The lowest BCUT2D eigenvalue weighted by Crippen LogP contribution is -2.38. The average molecular weight is 298 g/mol. The van der Waals surface area contributed by atoms with E-state index in [1.54, 1.807) is 6.20 Å². The van der Waals surface area contributed by atoms with Gasteiger partial charge in [-0.05, 0) is 25.5 Å². The molecule has 2 aromatic rings. The Hall–Kier alpha value is -2.14. The van der Waals surface area contributed by atoms with Crippen molar-refractivity contribution < 1.29 is 4.79 Å². The Kier molecular flexibility index (Phi) is 4.24. The summed E-state index contributed by atoms with van der Waals surface area (Å²) < 4.78 is 1.89.